The number of carbonyl (C=O) groups is 2. The maximum absolute atomic E-state index is 13.8. The van der Waals surface area contributed by atoms with Crippen molar-refractivity contribution in [1.29, 1.82) is 0 Å². The van der Waals surface area contributed by atoms with E-state index in [4.69, 9.17) is 4.74 Å². The molecule has 1 saturated heterocycles. The summed E-state index contributed by atoms with van der Waals surface area (Å²) in [6.07, 6.45) is 10.7. The van der Waals surface area contributed by atoms with Gasteiger partial charge in [-0.1, -0.05) is 53.4 Å². The fourth-order valence-electron chi connectivity index (χ4n) is 6.32. The monoisotopic (exact) mass is 470 g/mol. The van der Waals surface area contributed by atoms with Gasteiger partial charge in [0.05, 0.1) is 13.0 Å². The van der Waals surface area contributed by atoms with Crippen molar-refractivity contribution in [2.24, 2.45) is 0 Å². The van der Waals surface area contributed by atoms with Crippen LogP contribution in [0.2, 0.25) is 0 Å². The molecule has 5 heteroatoms. The summed E-state index contributed by atoms with van der Waals surface area (Å²) in [5, 5.41) is 0. The minimum atomic E-state index is -0.350. The largest absolute Gasteiger partial charge is 0.496 e. The molecule has 0 aliphatic carbocycles. The number of ether oxygens (including phenoxy) is 1. The number of methoxy groups -OCH3 is 1. The molecule has 0 saturated carbocycles. The van der Waals surface area contributed by atoms with E-state index in [2.05, 4.69) is 32.6 Å². The Morgan fingerprint density at radius 2 is 1.82 bits per heavy atom. The van der Waals surface area contributed by atoms with Crippen LogP contribution in [0.5, 0.6) is 5.75 Å². The van der Waals surface area contributed by atoms with Crippen LogP contribution in [-0.4, -0.2) is 47.4 Å². The van der Waals surface area contributed by atoms with Crippen molar-refractivity contribution in [2.45, 2.75) is 123 Å². The number of hydrogen-bond donors (Lipinski definition) is 0. The number of likely N-dealkylation sites (tertiary alicyclic amines) is 1. The van der Waals surface area contributed by atoms with E-state index < -0.39 is 0 Å². The molecule has 0 N–H and O–H groups in total. The molecule has 190 valence electrons. The number of benzene rings is 1. The lowest BCUT2D eigenvalue weighted by Gasteiger charge is -2.44. The van der Waals surface area contributed by atoms with Gasteiger partial charge in [-0.25, -0.2) is 0 Å². The highest BCUT2D eigenvalue weighted by atomic mass is 16.5. The molecule has 2 heterocycles. The maximum Gasteiger partial charge on any atom is 0.261 e. The topological polar surface area (TPSA) is 49.9 Å². The third-order valence-electron chi connectivity index (χ3n) is 8.20. The molecular formula is C29H46N2O3. The first-order valence-corrected chi connectivity index (χ1v) is 13.8. The molecular weight excluding hydrogens is 424 g/mol. The molecule has 2 amide bonds. The Labute approximate surface area is 207 Å². The quantitative estimate of drug-likeness (QED) is 0.262. The second kappa shape index (κ2) is 12.2. The van der Waals surface area contributed by atoms with Crippen molar-refractivity contribution in [3.8, 4) is 5.75 Å². The number of carbonyl (C=O) groups excluding carboxylic acids is 2. The summed E-state index contributed by atoms with van der Waals surface area (Å²) >= 11 is 0. The van der Waals surface area contributed by atoms with Crippen molar-refractivity contribution in [1.82, 2.24) is 9.80 Å². The second-order valence-corrected chi connectivity index (χ2v) is 10.2. The SMILES string of the molecule is CCCCC[C@H](CC)N1C(=O)c2ccc(OC)c(C(CC)N3CCCCC3CC)c2C(C)C1=O. The highest BCUT2D eigenvalue weighted by Gasteiger charge is 2.43. The van der Waals surface area contributed by atoms with Gasteiger partial charge in [0.1, 0.15) is 5.75 Å². The van der Waals surface area contributed by atoms with Crippen molar-refractivity contribution in [3.63, 3.8) is 0 Å². The highest BCUT2D eigenvalue weighted by molar-refractivity contribution is 6.12. The second-order valence-electron chi connectivity index (χ2n) is 10.2. The molecule has 2 aliphatic rings. The van der Waals surface area contributed by atoms with Crippen LogP contribution in [-0.2, 0) is 4.79 Å². The Hall–Kier alpha value is -1.88. The molecule has 2 aliphatic heterocycles. The van der Waals surface area contributed by atoms with E-state index >= 15 is 0 Å². The zero-order valence-corrected chi connectivity index (χ0v) is 22.4. The number of imide groups is 1. The molecule has 5 nitrogen and oxygen atoms in total. The van der Waals surface area contributed by atoms with E-state index in [1.165, 1.54) is 19.3 Å². The Balaban J connectivity index is 2.08. The Morgan fingerprint density at radius 1 is 1.06 bits per heavy atom. The summed E-state index contributed by atoms with van der Waals surface area (Å²) in [6, 6.07) is 4.51. The minimum Gasteiger partial charge on any atom is -0.496 e. The van der Waals surface area contributed by atoms with E-state index in [1.54, 1.807) is 12.0 Å². The molecule has 3 unspecified atom stereocenters. The average molecular weight is 471 g/mol. The van der Waals surface area contributed by atoms with Crippen molar-refractivity contribution < 1.29 is 14.3 Å². The molecule has 0 radical (unpaired) electrons. The van der Waals surface area contributed by atoms with Crippen molar-refractivity contribution in [2.75, 3.05) is 13.7 Å². The first-order valence-electron chi connectivity index (χ1n) is 13.8. The van der Waals surface area contributed by atoms with Gasteiger partial charge in [-0.3, -0.25) is 19.4 Å². The first kappa shape index (κ1) is 26.7. The summed E-state index contributed by atoms with van der Waals surface area (Å²) in [7, 11) is 1.70. The number of fused-ring (bicyclic) bond motifs is 1. The normalized spacial score (nSPS) is 23.1. The van der Waals surface area contributed by atoms with Gasteiger partial charge in [-0.05, 0) is 69.7 Å². The van der Waals surface area contributed by atoms with Gasteiger partial charge in [0.15, 0.2) is 0 Å². The van der Waals surface area contributed by atoms with E-state index in [-0.39, 0.29) is 29.8 Å². The standard InChI is InChI=1S/C29H46N2O3/c1-7-11-12-16-22(9-3)31-28(32)20(5)26-23(29(31)33)17-18-25(34-6)27(26)24(10-4)30-19-14-13-15-21(30)8-2/h17-18,20-22,24H,7-16,19H2,1-6H3/t20?,21?,22-,24?/m0/s1. The van der Waals surface area contributed by atoms with E-state index in [0.29, 0.717) is 11.6 Å². The van der Waals surface area contributed by atoms with E-state index in [9.17, 15) is 9.59 Å². The highest BCUT2D eigenvalue weighted by Crippen LogP contribution is 2.45. The number of nitrogens with zero attached hydrogens (tertiary/aromatic N) is 2. The van der Waals surface area contributed by atoms with Crippen molar-refractivity contribution in [3.05, 3.63) is 28.8 Å². The van der Waals surface area contributed by atoms with Crippen LogP contribution >= 0.6 is 0 Å². The fraction of sp³-hybridized carbons (Fsp3) is 0.724. The van der Waals surface area contributed by atoms with Gasteiger partial charge in [-0.15, -0.1) is 0 Å². The van der Waals surface area contributed by atoms with Gasteiger partial charge < -0.3 is 4.74 Å². The maximum atomic E-state index is 13.8. The Kier molecular flexibility index (Phi) is 9.58. The predicted molar refractivity (Wildman–Crippen MR) is 138 cm³/mol. The van der Waals surface area contributed by atoms with Crippen LogP contribution in [0.1, 0.15) is 132 Å². The van der Waals surface area contributed by atoms with Gasteiger partial charge >= 0.3 is 0 Å². The fourth-order valence-corrected chi connectivity index (χ4v) is 6.32. The molecule has 0 bridgehead atoms. The van der Waals surface area contributed by atoms with Gasteiger partial charge in [0, 0.05) is 29.3 Å². The molecule has 1 aromatic carbocycles. The summed E-state index contributed by atoms with van der Waals surface area (Å²) in [5.74, 6) is 0.292. The number of hydrogen-bond acceptors (Lipinski definition) is 4. The number of amides is 2. The lowest BCUT2D eigenvalue weighted by molar-refractivity contribution is -0.132. The third kappa shape index (κ3) is 5.05. The molecule has 1 aromatic rings. The Morgan fingerprint density at radius 3 is 2.44 bits per heavy atom. The Bertz CT molecular complexity index is 852. The lowest BCUT2D eigenvalue weighted by atomic mass is 9.80. The number of unbranched alkanes of at least 4 members (excludes halogenated alkanes) is 2. The van der Waals surface area contributed by atoms with Crippen LogP contribution in [0.15, 0.2) is 12.1 Å². The van der Waals surface area contributed by atoms with Crippen LogP contribution in [0.25, 0.3) is 0 Å². The molecule has 0 spiro atoms. The van der Waals surface area contributed by atoms with Crippen LogP contribution in [0.3, 0.4) is 0 Å². The third-order valence-corrected chi connectivity index (χ3v) is 8.20. The lowest BCUT2D eigenvalue weighted by Crippen LogP contribution is -2.50. The summed E-state index contributed by atoms with van der Waals surface area (Å²) in [5.41, 5.74) is 2.66. The predicted octanol–water partition coefficient (Wildman–Crippen LogP) is 6.86. The minimum absolute atomic E-state index is 0.0266. The summed E-state index contributed by atoms with van der Waals surface area (Å²) < 4.78 is 5.87. The van der Waals surface area contributed by atoms with Crippen LogP contribution in [0, 0.1) is 0 Å². The molecule has 3 rings (SSSR count). The van der Waals surface area contributed by atoms with Gasteiger partial charge in [0.25, 0.3) is 5.91 Å². The van der Waals surface area contributed by atoms with Gasteiger partial charge in [-0.2, -0.15) is 0 Å². The van der Waals surface area contributed by atoms with Crippen LogP contribution in [0.4, 0.5) is 0 Å². The van der Waals surface area contributed by atoms with Gasteiger partial charge in [0.2, 0.25) is 5.91 Å². The summed E-state index contributed by atoms with van der Waals surface area (Å²) in [4.78, 5) is 31.8. The smallest absolute Gasteiger partial charge is 0.261 e. The first-order chi connectivity index (χ1) is 16.4. The number of piperidine rings is 1. The van der Waals surface area contributed by atoms with Crippen molar-refractivity contribution >= 4 is 11.8 Å². The average Bonchev–Trinajstić information content (AvgIpc) is 2.86. The zero-order valence-electron chi connectivity index (χ0n) is 22.4. The molecule has 34 heavy (non-hydrogen) atoms. The molecule has 1 fully saturated rings. The molecule has 4 atom stereocenters. The summed E-state index contributed by atoms with van der Waals surface area (Å²) in [6.45, 7) is 11.8. The van der Waals surface area contributed by atoms with E-state index in [1.807, 2.05) is 19.1 Å². The van der Waals surface area contributed by atoms with Crippen LogP contribution < -0.4 is 4.74 Å². The number of rotatable bonds is 11. The molecule has 0 aromatic heterocycles. The van der Waals surface area contributed by atoms with E-state index in [0.717, 1.165) is 68.4 Å². The zero-order chi connectivity index (χ0) is 24.8.